The van der Waals surface area contributed by atoms with Crippen LogP contribution in [0.25, 0.3) is 17.2 Å². The number of aliphatic imine (C=N–C) groups is 1. The highest BCUT2D eigenvalue weighted by Crippen LogP contribution is 2.31. The van der Waals surface area contributed by atoms with Gasteiger partial charge in [0.05, 0.1) is 12.2 Å². The van der Waals surface area contributed by atoms with Gasteiger partial charge in [-0.2, -0.15) is 0 Å². The fourth-order valence-corrected chi connectivity index (χ4v) is 4.44. The zero-order valence-electron chi connectivity index (χ0n) is 23.1. The number of fused-ring (bicyclic) bond motifs is 1. The number of carbonyl (C=O) groups is 3. The molecule has 0 unspecified atom stereocenters. The fraction of sp³-hybridized carbons (Fsp3) is 0.448. The Labute approximate surface area is 234 Å². The number of benzene rings is 1. The van der Waals surface area contributed by atoms with Crippen molar-refractivity contribution in [3.05, 3.63) is 47.6 Å². The molecule has 212 valence electrons. The first-order chi connectivity index (χ1) is 19.3. The third-order valence-electron chi connectivity index (χ3n) is 6.79. The molecule has 0 bridgehead atoms. The van der Waals surface area contributed by atoms with E-state index in [1.807, 2.05) is 31.2 Å². The lowest BCUT2D eigenvalue weighted by Crippen LogP contribution is -2.37. The number of hydrogen-bond acceptors (Lipinski definition) is 8. The highest BCUT2D eigenvalue weighted by molar-refractivity contribution is 6.05. The van der Waals surface area contributed by atoms with Gasteiger partial charge in [0.25, 0.3) is 0 Å². The van der Waals surface area contributed by atoms with Gasteiger partial charge in [0.15, 0.2) is 0 Å². The largest absolute Gasteiger partial charge is 0.446 e. The minimum atomic E-state index is -0.392. The Morgan fingerprint density at radius 2 is 1.88 bits per heavy atom. The lowest BCUT2D eigenvalue weighted by Gasteiger charge is -2.25. The molecule has 1 aromatic carbocycles. The van der Waals surface area contributed by atoms with E-state index < -0.39 is 6.09 Å². The molecule has 0 spiro atoms. The molecule has 1 fully saturated rings. The van der Waals surface area contributed by atoms with E-state index in [0.29, 0.717) is 49.0 Å². The van der Waals surface area contributed by atoms with E-state index in [1.54, 1.807) is 17.3 Å². The number of amidine groups is 1. The van der Waals surface area contributed by atoms with Crippen LogP contribution in [0.4, 0.5) is 10.5 Å². The second-order valence-electron chi connectivity index (χ2n) is 10.1. The van der Waals surface area contributed by atoms with Crippen LogP contribution in [0.5, 0.6) is 0 Å². The van der Waals surface area contributed by atoms with Crippen molar-refractivity contribution in [3.8, 4) is 11.1 Å². The highest BCUT2D eigenvalue weighted by Gasteiger charge is 2.23. The molecule has 11 nitrogen and oxygen atoms in total. The maximum absolute atomic E-state index is 13.5. The summed E-state index contributed by atoms with van der Waals surface area (Å²) in [4.78, 5) is 51.6. The van der Waals surface area contributed by atoms with Crippen LogP contribution in [0.1, 0.15) is 63.8 Å². The molecule has 2 aliphatic rings. The molecule has 0 radical (unpaired) electrons. The minimum Gasteiger partial charge on any atom is -0.446 e. The maximum atomic E-state index is 13.5. The van der Waals surface area contributed by atoms with Gasteiger partial charge in [-0.15, -0.1) is 0 Å². The van der Waals surface area contributed by atoms with Crippen molar-refractivity contribution in [2.45, 2.75) is 65.0 Å². The van der Waals surface area contributed by atoms with Gasteiger partial charge < -0.3 is 26.0 Å². The van der Waals surface area contributed by atoms with Crippen LogP contribution in [-0.2, 0) is 20.9 Å². The Morgan fingerprint density at radius 3 is 2.55 bits per heavy atom. The summed E-state index contributed by atoms with van der Waals surface area (Å²) in [5.41, 5.74) is 9.94. The van der Waals surface area contributed by atoms with Crippen molar-refractivity contribution in [1.82, 2.24) is 25.5 Å². The number of amides is 3. The summed E-state index contributed by atoms with van der Waals surface area (Å²) >= 11 is 0. The van der Waals surface area contributed by atoms with E-state index in [0.717, 1.165) is 42.4 Å². The molecule has 1 saturated carbocycles. The molecule has 1 aliphatic heterocycles. The van der Waals surface area contributed by atoms with E-state index in [9.17, 15) is 14.4 Å². The van der Waals surface area contributed by atoms with Crippen molar-refractivity contribution in [2.75, 3.05) is 19.6 Å². The molecular formula is C29H37N7O4. The van der Waals surface area contributed by atoms with Crippen LogP contribution < -0.4 is 16.4 Å². The van der Waals surface area contributed by atoms with Gasteiger partial charge in [-0.05, 0) is 49.8 Å². The first-order valence-corrected chi connectivity index (χ1v) is 13.8. The molecule has 2 aromatic rings. The third kappa shape index (κ3) is 7.87. The topological polar surface area (TPSA) is 152 Å². The molecule has 2 heterocycles. The lowest BCUT2D eigenvalue weighted by molar-refractivity contribution is -0.127. The van der Waals surface area contributed by atoms with E-state index in [1.165, 1.54) is 6.92 Å². The molecule has 40 heavy (non-hydrogen) atoms. The van der Waals surface area contributed by atoms with Crippen LogP contribution >= 0.6 is 0 Å². The molecule has 0 saturated heterocycles. The fourth-order valence-electron chi connectivity index (χ4n) is 4.44. The quantitative estimate of drug-likeness (QED) is 0.364. The van der Waals surface area contributed by atoms with E-state index >= 15 is 0 Å². The van der Waals surface area contributed by atoms with Crippen molar-refractivity contribution in [2.24, 2.45) is 10.7 Å². The predicted molar refractivity (Wildman–Crippen MR) is 152 cm³/mol. The summed E-state index contributed by atoms with van der Waals surface area (Å²) in [5, 5.41) is 5.46. The smallest absolute Gasteiger partial charge is 0.407 e. The van der Waals surface area contributed by atoms with E-state index in [-0.39, 0.29) is 30.9 Å². The monoisotopic (exact) mass is 547 g/mol. The Morgan fingerprint density at radius 1 is 1.10 bits per heavy atom. The first-order valence-electron chi connectivity index (χ1n) is 13.8. The Bertz CT molecular complexity index is 1290. The summed E-state index contributed by atoms with van der Waals surface area (Å²) in [5.74, 6) is 0.644. The second-order valence-corrected chi connectivity index (χ2v) is 10.1. The van der Waals surface area contributed by atoms with Gasteiger partial charge in [0.1, 0.15) is 17.8 Å². The van der Waals surface area contributed by atoms with Gasteiger partial charge >= 0.3 is 6.09 Å². The number of aromatic nitrogens is 2. The number of nitrogens with one attached hydrogen (secondary N) is 2. The van der Waals surface area contributed by atoms with Crippen LogP contribution in [0.15, 0.2) is 41.2 Å². The summed E-state index contributed by atoms with van der Waals surface area (Å²) in [7, 11) is 0. The van der Waals surface area contributed by atoms with E-state index in [4.69, 9.17) is 10.5 Å². The Hall–Kier alpha value is -4.28. The minimum absolute atomic E-state index is 0.0430. The number of nitrogens with two attached hydrogens (primary N) is 1. The molecule has 4 rings (SSSR count). The van der Waals surface area contributed by atoms with Crippen molar-refractivity contribution >= 4 is 35.5 Å². The van der Waals surface area contributed by atoms with Gasteiger partial charge in [-0.3, -0.25) is 9.59 Å². The summed E-state index contributed by atoms with van der Waals surface area (Å²) in [6.45, 7) is 5.28. The predicted octanol–water partition coefficient (Wildman–Crippen LogP) is 3.46. The maximum Gasteiger partial charge on any atom is 0.407 e. The SMILES string of the molecule is CCCN(CCCNC(=O)OC1CCC1)C(=O)C1=Cc2ccc(-c3cnc(CNC(C)=O)nc3)cc2N=C(N)C1. The normalized spacial score (nSPS) is 14.6. The van der Waals surface area contributed by atoms with Crippen LogP contribution in [0.3, 0.4) is 0 Å². The molecule has 4 N–H and O–H groups in total. The second kappa shape index (κ2) is 13.7. The summed E-state index contributed by atoms with van der Waals surface area (Å²) in [6.07, 6.45) is 9.55. The van der Waals surface area contributed by atoms with Gasteiger partial charge in [-0.1, -0.05) is 19.1 Å². The zero-order chi connectivity index (χ0) is 28.5. The number of carbonyl (C=O) groups excluding carboxylic acids is 3. The van der Waals surface area contributed by atoms with Crippen LogP contribution in [0.2, 0.25) is 0 Å². The van der Waals surface area contributed by atoms with Crippen molar-refractivity contribution in [1.29, 1.82) is 0 Å². The number of hydrogen-bond donors (Lipinski definition) is 3. The van der Waals surface area contributed by atoms with Crippen molar-refractivity contribution in [3.63, 3.8) is 0 Å². The lowest BCUT2D eigenvalue weighted by atomic mass is 9.96. The molecular weight excluding hydrogens is 510 g/mol. The summed E-state index contributed by atoms with van der Waals surface area (Å²) in [6, 6.07) is 5.74. The van der Waals surface area contributed by atoms with Crippen LogP contribution in [0, 0.1) is 0 Å². The Balaban J connectivity index is 1.41. The Kier molecular flexibility index (Phi) is 9.82. The van der Waals surface area contributed by atoms with Gasteiger partial charge in [0, 0.05) is 62.1 Å². The number of alkyl carbamates (subject to hydrolysis) is 1. The van der Waals surface area contributed by atoms with E-state index in [2.05, 4.69) is 25.6 Å². The average Bonchev–Trinajstić information content (AvgIpc) is 3.08. The number of rotatable bonds is 11. The van der Waals surface area contributed by atoms with Gasteiger partial charge in [0.2, 0.25) is 11.8 Å². The highest BCUT2D eigenvalue weighted by atomic mass is 16.6. The van der Waals surface area contributed by atoms with Crippen LogP contribution in [-0.4, -0.2) is 64.3 Å². The number of ether oxygens (including phenoxy) is 1. The molecule has 11 heteroatoms. The van der Waals surface area contributed by atoms with Crippen molar-refractivity contribution < 1.29 is 19.1 Å². The molecule has 3 amide bonds. The van der Waals surface area contributed by atoms with Gasteiger partial charge in [-0.25, -0.2) is 19.8 Å². The molecule has 1 aliphatic carbocycles. The first kappa shape index (κ1) is 28.7. The molecule has 0 atom stereocenters. The average molecular weight is 548 g/mol. The standard InChI is InChI=1S/C29H37N7O4/c1-3-11-36(12-5-10-31-29(39)40-24-6-4-7-24)28(38)22-13-21-9-8-20(14-25(21)35-26(30)15-22)23-16-33-27(34-17-23)18-32-19(2)37/h8-9,13-14,16-17,24H,3-7,10-12,15,18H2,1-2H3,(H2,30,35)(H,31,39)(H,32,37). The number of nitrogens with zero attached hydrogens (tertiary/aromatic N) is 4. The zero-order valence-corrected chi connectivity index (χ0v) is 23.1. The molecule has 1 aromatic heterocycles. The summed E-state index contributed by atoms with van der Waals surface area (Å²) < 4.78 is 5.31. The third-order valence-corrected chi connectivity index (χ3v) is 6.79.